The molecule has 2 aromatic rings. The van der Waals surface area contributed by atoms with Gasteiger partial charge < -0.3 is 9.64 Å². The minimum atomic E-state index is -0.338. The number of nitrogens with zero attached hydrogens (tertiary/aromatic N) is 3. The number of benzene rings is 1. The number of methoxy groups -OCH3 is 1. The van der Waals surface area contributed by atoms with Gasteiger partial charge in [-0.15, -0.1) is 0 Å². The molecule has 0 bridgehead atoms. The number of carbonyl (C=O) groups excluding carboxylic acids is 1. The van der Waals surface area contributed by atoms with E-state index in [4.69, 9.17) is 4.74 Å². The number of fused-ring (bicyclic) bond motifs is 1. The van der Waals surface area contributed by atoms with E-state index in [9.17, 15) is 4.79 Å². The molecule has 106 valence electrons. The summed E-state index contributed by atoms with van der Waals surface area (Å²) in [6, 6.07) is 4.36. The van der Waals surface area contributed by atoms with Crippen LogP contribution in [0.25, 0.3) is 10.9 Å². The zero-order chi connectivity index (χ0) is 14.3. The maximum Gasteiger partial charge on any atom is 0.340 e. The average molecular weight is 273 g/mol. The van der Waals surface area contributed by atoms with Gasteiger partial charge in [0.25, 0.3) is 0 Å². The largest absolute Gasteiger partial charge is 0.465 e. The number of esters is 1. The number of aromatic nitrogens is 2. The van der Waals surface area contributed by atoms with Gasteiger partial charge >= 0.3 is 5.97 Å². The Morgan fingerprint density at radius 1 is 1.45 bits per heavy atom. The van der Waals surface area contributed by atoms with Gasteiger partial charge in [-0.25, -0.2) is 4.79 Å². The number of hydrogen-bond donors (Lipinski definition) is 0. The fourth-order valence-corrected chi connectivity index (χ4v) is 3.02. The lowest BCUT2D eigenvalue weighted by atomic mass is 10.1. The molecular formula is C15H19N3O2. The van der Waals surface area contributed by atoms with Gasteiger partial charge in [0.2, 0.25) is 0 Å². The summed E-state index contributed by atoms with van der Waals surface area (Å²) >= 11 is 0. The highest BCUT2D eigenvalue weighted by atomic mass is 16.5. The molecule has 1 saturated heterocycles. The molecule has 1 fully saturated rings. The molecule has 0 aliphatic carbocycles. The SMILES string of the molecule is COC(=O)c1ccc(N2CCCC2C)c2cn(C)nc12. The number of ether oxygens (including phenoxy) is 1. The number of aryl methyl sites for hydroxylation is 1. The Morgan fingerprint density at radius 3 is 2.90 bits per heavy atom. The smallest absolute Gasteiger partial charge is 0.340 e. The Kier molecular flexibility index (Phi) is 3.12. The van der Waals surface area contributed by atoms with Crippen LogP contribution in [0.2, 0.25) is 0 Å². The molecule has 3 rings (SSSR count). The molecule has 0 spiro atoms. The van der Waals surface area contributed by atoms with Crippen molar-refractivity contribution in [3.63, 3.8) is 0 Å². The van der Waals surface area contributed by atoms with Crippen LogP contribution in [0, 0.1) is 0 Å². The lowest BCUT2D eigenvalue weighted by Gasteiger charge is -2.24. The molecule has 5 nitrogen and oxygen atoms in total. The van der Waals surface area contributed by atoms with E-state index in [0.717, 1.165) is 23.1 Å². The van der Waals surface area contributed by atoms with Gasteiger partial charge in [0.05, 0.1) is 12.7 Å². The van der Waals surface area contributed by atoms with Crippen LogP contribution >= 0.6 is 0 Å². The standard InChI is InChI=1S/C15H19N3O2/c1-10-5-4-8-18(10)13-7-6-11(15(19)20-3)14-12(13)9-17(2)16-14/h6-7,9-10H,4-5,8H2,1-3H3. The molecule has 0 radical (unpaired) electrons. The number of anilines is 1. The number of hydrogen-bond acceptors (Lipinski definition) is 4. The summed E-state index contributed by atoms with van der Waals surface area (Å²) < 4.78 is 6.59. The third-order valence-electron chi connectivity index (χ3n) is 4.04. The van der Waals surface area contributed by atoms with Gasteiger partial charge in [0.15, 0.2) is 0 Å². The molecule has 1 aromatic carbocycles. The minimum Gasteiger partial charge on any atom is -0.465 e. The molecule has 0 saturated carbocycles. The van der Waals surface area contributed by atoms with Crippen molar-refractivity contribution in [2.45, 2.75) is 25.8 Å². The van der Waals surface area contributed by atoms with E-state index in [1.54, 1.807) is 4.68 Å². The summed E-state index contributed by atoms with van der Waals surface area (Å²) in [4.78, 5) is 14.2. The highest BCUT2D eigenvalue weighted by molar-refractivity contribution is 6.06. The van der Waals surface area contributed by atoms with E-state index in [2.05, 4.69) is 16.9 Å². The first-order chi connectivity index (χ1) is 9.61. The molecule has 20 heavy (non-hydrogen) atoms. The van der Waals surface area contributed by atoms with Crippen LogP contribution < -0.4 is 4.90 Å². The highest BCUT2D eigenvalue weighted by Crippen LogP contribution is 2.33. The summed E-state index contributed by atoms with van der Waals surface area (Å²) in [7, 11) is 3.27. The highest BCUT2D eigenvalue weighted by Gasteiger charge is 2.24. The van der Waals surface area contributed by atoms with E-state index in [1.807, 2.05) is 25.4 Å². The van der Waals surface area contributed by atoms with Crippen LogP contribution in [0.5, 0.6) is 0 Å². The van der Waals surface area contributed by atoms with Crippen molar-refractivity contribution in [1.29, 1.82) is 0 Å². The fourth-order valence-electron chi connectivity index (χ4n) is 3.02. The second-order valence-corrected chi connectivity index (χ2v) is 5.37. The summed E-state index contributed by atoms with van der Waals surface area (Å²) in [6.45, 7) is 3.30. The first-order valence-electron chi connectivity index (χ1n) is 6.93. The molecule has 1 aromatic heterocycles. The molecule has 1 aliphatic heterocycles. The topological polar surface area (TPSA) is 47.4 Å². The third kappa shape index (κ3) is 1.94. The van der Waals surface area contributed by atoms with Gasteiger partial charge in [-0.05, 0) is 31.9 Å². The van der Waals surface area contributed by atoms with Crippen LogP contribution in [0.15, 0.2) is 18.3 Å². The Balaban J connectivity index is 2.18. The average Bonchev–Trinajstić information content (AvgIpc) is 3.02. The second-order valence-electron chi connectivity index (χ2n) is 5.37. The third-order valence-corrected chi connectivity index (χ3v) is 4.04. The quantitative estimate of drug-likeness (QED) is 0.788. The molecule has 0 amide bonds. The van der Waals surface area contributed by atoms with Crippen molar-refractivity contribution in [2.75, 3.05) is 18.6 Å². The van der Waals surface area contributed by atoms with Crippen LogP contribution in [-0.4, -0.2) is 35.4 Å². The first kappa shape index (κ1) is 13.0. The van der Waals surface area contributed by atoms with Gasteiger partial charge in [0.1, 0.15) is 5.52 Å². The second kappa shape index (κ2) is 4.81. The van der Waals surface area contributed by atoms with Crippen LogP contribution in [0.4, 0.5) is 5.69 Å². The van der Waals surface area contributed by atoms with E-state index in [-0.39, 0.29) is 5.97 Å². The Hall–Kier alpha value is -2.04. The summed E-state index contributed by atoms with van der Waals surface area (Å²) in [5.74, 6) is -0.338. The van der Waals surface area contributed by atoms with Crippen LogP contribution in [0.1, 0.15) is 30.1 Å². The normalized spacial score (nSPS) is 18.8. The monoisotopic (exact) mass is 273 g/mol. The molecule has 1 aliphatic rings. The van der Waals surface area contributed by atoms with Crippen molar-refractivity contribution in [3.05, 3.63) is 23.9 Å². The maximum atomic E-state index is 11.8. The van der Waals surface area contributed by atoms with Gasteiger partial charge in [-0.2, -0.15) is 5.10 Å². The van der Waals surface area contributed by atoms with Crippen molar-refractivity contribution in [2.24, 2.45) is 7.05 Å². The van der Waals surface area contributed by atoms with Gasteiger partial charge in [-0.1, -0.05) is 0 Å². The van der Waals surface area contributed by atoms with Crippen molar-refractivity contribution in [1.82, 2.24) is 9.78 Å². The van der Waals surface area contributed by atoms with Crippen LogP contribution in [-0.2, 0) is 11.8 Å². The summed E-state index contributed by atoms with van der Waals surface area (Å²) in [5, 5.41) is 5.45. The van der Waals surface area contributed by atoms with Crippen molar-refractivity contribution >= 4 is 22.6 Å². The molecule has 1 unspecified atom stereocenters. The molecular weight excluding hydrogens is 254 g/mol. The minimum absolute atomic E-state index is 0.338. The molecule has 2 heterocycles. The molecule has 5 heteroatoms. The first-order valence-corrected chi connectivity index (χ1v) is 6.93. The lowest BCUT2D eigenvalue weighted by molar-refractivity contribution is 0.0603. The zero-order valence-electron chi connectivity index (χ0n) is 12.1. The summed E-state index contributed by atoms with van der Waals surface area (Å²) in [5.41, 5.74) is 2.40. The molecule has 0 N–H and O–H groups in total. The van der Waals surface area contributed by atoms with Crippen molar-refractivity contribution in [3.8, 4) is 0 Å². The maximum absolute atomic E-state index is 11.8. The van der Waals surface area contributed by atoms with Crippen LogP contribution in [0.3, 0.4) is 0 Å². The lowest BCUT2D eigenvalue weighted by Crippen LogP contribution is -2.26. The van der Waals surface area contributed by atoms with E-state index in [0.29, 0.717) is 11.6 Å². The zero-order valence-corrected chi connectivity index (χ0v) is 12.1. The van der Waals surface area contributed by atoms with E-state index in [1.165, 1.54) is 20.0 Å². The fraction of sp³-hybridized carbons (Fsp3) is 0.467. The van der Waals surface area contributed by atoms with Crippen molar-refractivity contribution < 1.29 is 9.53 Å². The van der Waals surface area contributed by atoms with E-state index < -0.39 is 0 Å². The predicted molar refractivity (Wildman–Crippen MR) is 78.1 cm³/mol. The van der Waals surface area contributed by atoms with Gasteiger partial charge in [-0.3, -0.25) is 4.68 Å². The Bertz CT molecular complexity index is 662. The predicted octanol–water partition coefficient (Wildman–Crippen LogP) is 2.35. The Labute approximate surface area is 118 Å². The number of rotatable bonds is 2. The van der Waals surface area contributed by atoms with E-state index >= 15 is 0 Å². The Morgan fingerprint density at radius 2 is 2.25 bits per heavy atom. The summed E-state index contributed by atoms with van der Waals surface area (Å²) in [6.07, 6.45) is 4.39. The number of carbonyl (C=O) groups is 1. The van der Waals surface area contributed by atoms with Gasteiger partial charge in [0, 0.05) is 36.9 Å². The molecule has 1 atom stereocenters.